The van der Waals surface area contributed by atoms with Crippen molar-refractivity contribution in [2.24, 2.45) is 5.41 Å². The summed E-state index contributed by atoms with van der Waals surface area (Å²) in [4.78, 5) is 17.4. The second-order valence-electron chi connectivity index (χ2n) is 4.97. The van der Waals surface area contributed by atoms with Gasteiger partial charge in [-0.05, 0) is 23.4 Å². The largest absolute Gasteiger partial charge is 0.297 e. The van der Waals surface area contributed by atoms with Gasteiger partial charge in [0.25, 0.3) is 5.56 Å². The Bertz CT molecular complexity index is 366. The van der Waals surface area contributed by atoms with Crippen LogP contribution in [0.15, 0.2) is 10.9 Å². The van der Waals surface area contributed by atoms with Gasteiger partial charge in [0.1, 0.15) is 0 Å². The lowest BCUT2D eigenvalue weighted by molar-refractivity contribution is 0.406. The molecule has 0 bridgehead atoms. The van der Waals surface area contributed by atoms with E-state index in [1.807, 2.05) is 0 Å². The van der Waals surface area contributed by atoms with Crippen LogP contribution in [0.1, 0.15) is 46.7 Å². The second-order valence-corrected chi connectivity index (χ2v) is 5.33. The van der Waals surface area contributed by atoms with Crippen molar-refractivity contribution in [3.05, 3.63) is 27.4 Å². The summed E-state index contributed by atoms with van der Waals surface area (Å²) in [6.45, 7) is 10.5. The molecule has 92 valence electrons. The van der Waals surface area contributed by atoms with Crippen molar-refractivity contribution in [2.45, 2.75) is 47.5 Å². The Hall–Kier alpha value is -0.830. The average molecular weight is 245 g/mol. The molecule has 16 heavy (non-hydrogen) atoms. The predicted octanol–water partition coefficient (Wildman–Crippen LogP) is 3.43. The zero-order valence-corrected chi connectivity index (χ0v) is 11.5. The number of nitrogens with zero attached hydrogens (tertiary/aromatic N) is 1. The number of halogens is 1. The Kier molecular flexibility index (Phi) is 6.34. The molecule has 0 aliphatic carbocycles. The first-order valence-electron chi connectivity index (χ1n) is 5.54. The van der Waals surface area contributed by atoms with E-state index in [-0.39, 0.29) is 16.3 Å². The van der Waals surface area contributed by atoms with Gasteiger partial charge in [-0.1, -0.05) is 41.0 Å². The van der Waals surface area contributed by atoms with Gasteiger partial charge in [-0.25, -0.2) is 4.98 Å². The fraction of sp³-hybridized carbons (Fsp3) is 0.667. The van der Waals surface area contributed by atoms with Gasteiger partial charge in [0, 0.05) is 11.8 Å². The molecule has 1 N–H and O–H groups in total. The molecule has 0 aliphatic rings. The van der Waals surface area contributed by atoms with Crippen LogP contribution >= 0.6 is 11.6 Å². The number of rotatable bonds is 1. The molecule has 0 fully saturated rings. The molecule has 0 aromatic carbocycles. The quantitative estimate of drug-likeness (QED) is 0.770. The maximum atomic E-state index is 11.0. The summed E-state index contributed by atoms with van der Waals surface area (Å²) < 4.78 is 0. The van der Waals surface area contributed by atoms with Crippen LogP contribution in [0.3, 0.4) is 0 Å². The molecule has 3 nitrogen and oxygen atoms in total. The van der Waals surface area contributed by atoms with E-state index >= 15 is 0 Å². The summed E-state index contributed by atoms with van der Waals surface area (Å²) in [6, 6.07) is 1.48. The molecule has 0 unspecified atom stereocenters. The molecule has 1 rings (SSSR count). The number of H-pyrrole nitrogens is 1. The van der Waals surface area contributed by atoms with Crippen molar-refractivity contribution in [3.8, 4) is 0 Å². The van der Waals surface area contributed by atoms with Crippen LogP contribution in [-0.2, 0) is 6.42 Å². The van der Waals surface area contributed by atoms with Crippen LogP contribution in [0, 0.1) is 5.41 Å². The van der Waals surface area contributed by atoms with Crippen LogP contribution in [-0.4, -0.2) is 9.97 Å². The summed E-state index contributed by atoms with van der Waals surface area (Å²) >= 11 is 5.61. The van der Waals surface area contributed by atoms with E-state index in [9.17, 15) is 4.79 Å². The van der Waals surface area contributed by atoms with Crippen molar-refractivity contribution >= 4 is 11.6 Å². The fourth-order valence-electron chi connectivity index (χ4n) is 1.11. The molecule has 1 aromatic heterocycles. The second kappa shape index (κ2) is 6.69. The minimum atomic E-state index is -0.195. The van der Waals surface area contributed by atoms with Gasteiger partial charge in [0.15, 0.2) is 0 Å². The summed E-state index contributed by atoms with van der Waals surface area (Å²) in [5.74, 6) is 0. The number of aromatic amines is 1. The van der Waals surface area contributed by atoms with Crippen LogP contribution in [0.4, 0.5) is 0 Å². The first-order valence-corrected chi connectivity index (χ1v) is 5.92. The normalized spacial score (nSPS) is 10.6. The first-order chi connectivity index (χ1) is 7.28. The zero-order valence-electron chi connectivity index (χ0n) is 10.7. The number of aromatic nitrogens is 2. The Labute approximate surface area is 102 Å². The molecule has 0 atom stereocenters. The average Bonchev–Trinajstić information content (AvgIpc) is 1.98. The lowest BCUT2D eigenvalue weighted by Gasteiger charge is -2.16. The van der Waals surface area contributed by atoms with E-state index in [2.05, 4.69) is 44.6 Å². The Morgan fingerprint density at radius 3 is 2.25 bits per heavy atom. The monoisotopic (exact) mass is 244 g/mol. The Balaban J connectivity index is 0.000000673. The van der Waals surface area contributed by atoms with Crippen LogP contribution in [0.5, 0.6) is 0 Å². The van der Waals surface area contributed by atoms with Gasteiger partial charge in [0.2, 0.25) is 5.28 Å². The highest BCUT2D eigenvalue weighted by molar-refractivity contribution is 6.28. The number of hydrogen-bond donors (Lipinski definition) is 1. The molecular weight excluding hydrogens is 224 g/mol. The van der Waals surface area contributed by atoms with Gasteiger partial charge in [-0.2, -0.15) is 0 Å². The fourth-order valence-corrected chi connectivity index (χ4v) is 1.31. The highest BCUT2D eigenvalue weighted by atomic mass is 35.5. The highest BCUT2D eigenvalue weighted by Crippen LogP contribution is 2.18. The molecular formula is C12H21ClN2O. The smallest absolute Gasteiger partial charge is 0.252 e. The Morgan fingerprint density at radius 1 is 1.38 bits per heavy atom. The van der Waals surface area contributed by atoms with E-state index < -0.39 is 0 Å². The molecule has 0 saturated heterocycles. The molecule has 4 heteroatoms. The molecule has 0 aliphatic heterocycles. The van der Waals surface area contributed by atoms with Crippen LogP contribution in [0.2, 0.25) is 5.28 Å². The lowest BCUT2D eigenvalue weighted by Crippen LogP contribution is -2.15. The number of nitrogens with one attached hydrogen (secondary N) is 1. The third-order valence-corrected chi connectivity index (χ3v) is 1.66. The minimum Gasteiger partial charge on any atom is -0.297 e. The van der Waals surface area contributed by atoms with E-state index in [1.54, 1.807) is 0 Å². The van der Waals surface area contributed by atoms with Crippen molar-refractivity contribution in [2.75, 3.05) is 0 Å². The standard InChI is InChI=1S/C9H13ClN2O.C3H8/c1-9(2,3)5-6-4-7(13)12-8(10)11-6;1-3-2/h4H,5H2,1-3H3,(H,11,12,13);3H2,1-2H3. The maximum Gasteiger partial charge on any atom is 0.252 e. The zero-order chi connectivity index (χ0) is 12.8. The van der Waals surface area contributed by atoms with Gasteiger partial charge in [-0.3, -0.25) is 9.78 Å². The van der Waals surface area contributed by atoms with Crippen molar-refractivity contribution in [1.29, 1.82) is 0 Å². The summed E-state index contributed by atoms with van der Waals surface area (Å²) in [7, 11) is 0. The summed E-state index contributed by atoms with van der Waals surface area (Å²) in [6.07, 6.45) is 2.00. The minimum absolute atomic E-state index is 0.115. The SMILES string of the molecule is CC(C)(C)Cc1cc(=O)[nH]c(Cl)n1.CCC. The molecule has 1 heterocycles. The van der Waals surface area contributed by atoms with E-state index in [0.29, 0.717) is 0 Å². The summed E-state index contributed by atoms with van der Waals surface area (Å²) in [5, 5.41) is 0.159. The number of hydrogen-bond acceptors (Lipinski definition) is 2. The van der Waals surface area contributed by atoms with Crippen molar-refractivity contribution in [3.63, 3.8) is 0 Å². The third-order valence-electron chi connectivity index (χ3n) is 1.48. The van der Waals surface area contributed by atoms with Crippen LogP contribution < -0.4 is 5.56 Å². The van der Waals surface area contributed by atoms with E-state index in [0.717, 1.165) is 12.1 Å². The van der Waals surface area contributed by atoms with Gasteiger partial charge >= 0.3 is 0 Å². The van der Waals surface area contributed by atoms with Crippen molar-refractivity contribution < 1.29 is 0 Å². The topological polar surface area (TPSA) is 45.8 Å². The van der Waals surface area contributed by atoms with Gasteiger partial charge < -0.3 is 0 Å². The van der Waals surface area contributed by atoms with Gasteiger partial charge in [0.05, 0.1) is 0 Å². The highest BCUT2D eigenvalue weighted by Gasteiger charge is 2.12. The molecule has 1 aromatic rings. The molecule has 0 amide bonds. The molecule has 0 saturated carbocycles. The predicted molar refractivity (Wildman–Crippen MR) is 69.0 cm³/mol. The van der Waals surface area contributed by atoms with Crippen molar-refractivity contribution in [1.82, 2.24) is 9.97 Å². The maximum absolute atomic E-state index is 11.0. The third kappa shape index (κ3) is 7.46. The van der Waals surface area contributed by atoms with Gasteiger partial charge in [-0.15, -0.1) is 0 Å². The first kappa shape index (κ1) is 15.2. The molecule has 0 radical (unpaired) electrons. The lowest BCUT2D eigenvalue weighted by atomic mass is 9.90. The Morgan fingerprint density at radius 2 is 1.88 bits per heavy atom. The summed E-state index contributed by atoms with van der Waals surface area (Å²) in [5.41, 5.74) is 0.657. The molecule has 0 spiro atoms. The van der Waals surface area contributed by atoms with Crippen LogP contribution in [0.25, 0.3) is 0 Å². The van der Waals surface area contributed by atoms with E-state index in [1.165, 1.54) is 12.5 Å². The van der Waals surface area contributed by atoms with E-state index in [4.69, 9.17) is 11.6 Å².